The van der Waals surface area contributed by atoms with E-state index in [0.717, 1.165) is 14.5 Å². The standard InChI is InChI=1S/C18H16Br2N2O3/c1-18(12-3-2-4-14(20)11-12)16(23)22(17(24)21-18)9-10-25-15-7-5-13(19)6-8-15/h2-8,11H,9-10H2,1H3,(H,21,24). The van der Waals surface area contributed by atoms with Crippen LogP contribution < -0.4 is 10.1 Å². The summed E-state index contributed by atoms with van der Waals surface area (Å²) in [6, 6.07) is 14.3. The van der Waals surface area contributed by atoms with Crippen molar-refractivity contribution >= 4 is 43.8 Å². The first-order valence-corrected chi connectivity index (χ1v) is 9.27. The molecule has 130 valence electrons. The van der Waals surface area contributed by atoms with Crippen LogP contribution in [0.4, 0.5) is 4.79 Å². The Morgan fingerprint density at radius 3 is 2.48 bits per heavy atom. The number of urea groups is 1. The summed E-state index contributed by atoms with van der Waals surface area (Å²) >= 11 is 6.75. The van der Waals surface area contributed by atoms with Crippen molar-refractivity contribution in [2.24, 2.45) is 0 Å². The molecule has 2 aromatic rings. The molecule has 0 bridgehead atoms. The van der Waals surface area contributed by atoms with E-state index >= 15 is 0 Å². The van der Waals surface area contributed by atoms with Crippen LogP contribution in [0.5, 0.6) is 5.75 Å². The Kier molecular flexibility index (Phi) is 5.15. The minimum Gasteiger partial charge on any atom is -0.492 e. The molecule has 0 aliphatic carbocycles. The van der Waals surface area contributed by atoms with E-state index in [2.05, 4.69) is 37.2 Å². The average Bonchev–Trinajstić information content (AvgIpc) is 2.81. The average molecular weight is 468 g/mol. The van der Waals surface area contributed by atoms with Gasteiger partial charge in [0.2, 0.25) is 0 Å². The minimum atomic E-state index is -1.07. The lowest BCUT2D eigenvalue weighted by Gasteiger charge is -2.22. The number of hydrogen-bond donors (Lipinski definition) is 1. The summed E-state index contributed by atoms with van der Waals surface area (Å²) < 4.78 is 7.42. The Bertz CT molecular complexity index is 810. The quantitative estimate of drug-likeness (QED) is 0.674. The van der Waals surface area contributed by atoms with Crippen molar-refractivity contribution in [2.45, 2.75) is 12.5 Å². The summed E-state index contributed by atoms with van der Waals surface area (Å²) in [4.78, 5) is 26.3. The molecule has 0 saturated carbocycles. The van der Waals surface area contributed by atoms with E-state index in [4.69, 9.17) is 4.74 Å². The van der Waals surface area contributed by atoms with Crippen LogP contribution in [0.3, 0.4) is 0 Å². The van der Waals surface area contributed by atoms with Crippen LogP contribution in [0.15, 0.2) is 57.5 Å². The van der Waals surface area contributed by atoms with Gasteiger partial charge >= 0.3 is 6.03 Å². The van der Waals surface area contributed by atoms with Crippen LogP contribution in [0, 0.1) is 0 Å². The highest BCUT2D eigenvalue weighted by molar-refractivity contribution is 9.10. The zero-order valence-electron chi connectivity index (χ0n) is 13.5. The molecule has 25 heavy (non-hydrogen) atoms. The maximum Gasteiger partial charge on any atom is 0.325 e. The Hall–Kier alpha value is -1.86. The number of nitrogens with zero attached hydrogens (tertiary/aromatic N) is 1. The van der Waals surface area contributed by atoms with Crippen molar-refractivity contribution in [3.05, 3.63) is 63.0 Å². The van der Waals surface area contributed by atoms with Crippen LogP contribution in [0.2, 0.25) is 0 Å². The van der Waals surface area contributed by atoms with Gasteiger partial charge in [-0.2, -0.15) is 0 Å². The highest BCUT2D eigenvalue weighted by Gasteiger charge is 2.48. The molecule has 7 heteroatoms. The second kappa shape index (κ2) is 7.17. The Morgan fingerprint density at radius 2 is 1.80 bits per heavy atom. The summed E-state index contributed by atoms with van der Waals surface area (Å²) in [5.74, 6) is 0.403. The number of benzene rings is 2. The summed E-state index contributed by atoms with van der Waals surface area (Å²) in [5.41, 5.74) is -0.338. The predicted octanol–water partition coefficient (Wildman–Crippen LogP) is 4.06. The van der Waals surface area contributed by atoms with Gasteiger partial charge in [0.25, 0.3) is 5.91 Å². The number of carbonyl (C=O) groups excluding carboxylic acids is 2. The van der Waals surface area contributed by atoms with Gasteiger partial charge in [0.1, 0.15) is 17.9 Å². The molecule has 1 aliphatic heterocycles. The van der Waals surface area contributed by atoms with Crippen molar-refractivity contribution < 1.29 is 14.3 Å². The molecular weight excluding hydrogens is 452 g/mol. The maximum atomic E-state index is 12.8. The molecule has 5 nitrogen and oxygen atoms in total. The van der Waals surface area contributed by atoms with E-state index < -0.39 is 11.6 Å². The molecule has 1 atom stereocenters. The first-order chi connectivity index (χ1) is 11.9. The van der Waals surface area contributed by atoms with Crippen molar-refractivity contribution in [3.63, 3.8) is 0 Å². The number of halogens is 2. The lowest BCUT2D eigenvalue weighted by molar-refractivity contribution is -0.131. The van der Waals surface area contributed by atoms with Gasteiger partial charge < -0.3 is 10.1 Å². The highest BCUT2D eigenvalue weighted by atomic mass is 79.9. The van der Waals surface area contributed by atoms with Gasteiger partial charge in [0, 0.05) is 8.95 Å². The first-order valence-electron chi connectivity index (χ1n) is 7.69. The van der Waals surface area contributed by atoms with Gasteiger partial charge in [-0.15, -0.1) is 0 Å². The lowest BCUT2D eigenvalue weighted by Crippen LogP contribution is -2.41. The van der Waals surface area contributed by atoms with Crippen molar-refractivity contribution in [1.29, 1.82) is 0 Å². The number of amides is 3. The largest absolute Gasteiger partial charge is 0.492 e. The van der Waals surface area contributed by atoms with E-state index in [1.807, 2.05) is 48.5 Å². The SMILES string of the molecule is CC1(c2cccc(Br)c2)NC(=O)N(CCOc2ccc(Br)cc2)C1=O. The Morgan fingerprint density at radius 1 is 1.08 bits per heavy atom. The monoisotopic (exact) mass is 466 g/mol. The number of carbonyl (C=O) groups is 2. The number of hydrogen-bond acceptors (Lipinski definition) is 3. The summed E-state index contributed by atoms with van der Waals surface area (Å²) in [5, 5.41) is 2.78. The fraction of sp³-hybridized carbons (Fsp3) is 0.222. The van der Waals surface area contributed by atoms with Crippen LogP contribution in [0.25, 0.3) is 0 Å². The molecule has 1 fully saturated rings. The van der Waals surface area contributed by atoms with Gasteiger partial charge in [0.05, 0.1) is 6.54 Å². The normalized spacial score (nSPS) is 19.9. The molecule has 0 aromatic heterocycles. The number of rotatable bonds is 5. The molecule has 0 spiro atoms. The van der Waals surface area contributed by atoms with Crippen LogP contribution in [-0.4, -0.2) is 30.0 Å². The molecule has 1 heterocycles. The second-order valence-corrected chi connectivity index (χ2v) is 7.66. The molecule has 3 amide bonds. The van der Waals surface area contributed by atoms with Crippen LogP contribution in [-0.2, 0) is 10.3 Å². The van der Waals surface area contributed by atoms with E-state index in [9.17, 15) is 9.59 Å². The fourth-order valence-electron chi connectivity index (χ4n) is 2.68. The lowest BCUT2D eigenvalue weighted by atomic mass is 9.92. The number of imide groups is 1. The maximum absolute atomic E-state index is 12.8. The van der Waals surface area contributed by atoms with E-state index in [1.165, 1.54) is 4.90 Å². The van der Waals surface area contributed by atoms with Gasteiger partial charge in [-0.25, -0.2) is 4.79 Å². The molecule has 0 radical (unpaired) electrons. The summed E-state index contributed by atoms with van der Waals surface area (Å²) in [6.07, 6.45) is 0. The molecule has 3 rings (SSSR count). The van der Waals surface area contributed by atoms with E-state index in [-0.39, 0.29) is 19.1 Å². The van der Waals surface area contributed by atoms with Gasteiger partial charge in [-0.1, -0.05) is 44.0 Å². The molecular formula is C18H16Br2N2O3. The topological polar surface area (TPSA) is 58.6 Å². The van der Waals surface area contributed by atoms with E-state index in [0.29, 0.717) is 5.75 Å². The second-order valence-electron chi connectivity index (χ2n) is 5.82. The summed E-state index contributed by atoms with van der Waals surface area (Å²) in [6.45, 7) is 2.13. The minimum absolute atomic E-state index is 0.185. The third kappa shape index (κ3) is 3.72. The molecule has 1 N–H and O–H groups in total. The fourth-order valence-corrected chi connectivity index (χ4v) is 3.34. The van der Waals surface area contributed by atoms with E-state index in [1.54, 1.807) is 6.92 Å². The number of ether oxygens (including phenoxy) is 1. The predicted molar refractivity (Wildman–Crippen MR) is 101 cm³/mol. The van der Waals surface area contributed by atoms with Crippen LogP contribution >= 0.6 is 31.9 Å². The Labute approximate surface area is 162 Å². The smallest absolute Gasteiger partial charge is 0.325 e. The van der Waals surface area contributed by atoms with Crippen molar-refractivity contribution in [1.82, 2.24) is 10.2 Å². The molecule has 1 unspecified atom stereocenters. The third-order valence-corrected chi connectivity index (χ3v) is 5.10. The van der Waals surface area contributed by atoms with Crippen LogP contribution in [0.1, 0.15) is 12.5 Å². The summed E-state index contributed by atoms with van der Waals surface area (Å²) in [7, 11) is 0. The van der Waals surface area contributed by atoms with Gasteiger partial charge in [0.15, 0.2) is 0 Å². The molecule has 1 saturated heterocycles. The third-order valence-electron chi connectivity index (χ3n) is 4.07. The Balaban J connectivity index is 1.68. The zero-order valence-corrected chi connectivity index (χ0v) is 16.6. The highest BCUT2D eigenvalue weighted by Crippen LogP contribution is 2.30. The van der Waals surface area contributed by atoms with Gasteiger partial charge in [-0.3, -0.25) is 9.69 Å². The number of nitrogens with one attached hydrogen (secondary N) is 1. The zero-order chi connectivity index (χ0) is 18.0. The van der Waals surface area contributed by atoms with Crippen molar-refractivity contribution in [3.8, 4) is 5.75 Å². The first kappa shape index (κ1) is 17.9. The molecule has 1 aliphatic rings. The molecule has 2 aromatic carbocycles. The van der Waals surface area contributed by atoms with Crippen molar-refractivity contribution in [2.75, 3.05) is 13.2 Å². The van der Waals surface area contributed by atoms with Gasteiger partial charge in [-0.05, 0) is 48.9 Å².